The molecular formula is C18H17N3O5. The Morgan fingerprint density at radius 1 is 1.31 bits per heavy atom. The summed E-state index contributed by atoms with van der Waals surface area (Å²) in [6.45, 7) is 3.90. The summed E-state index contributed by atoms with van der Waals surface area (Å²) in [7, 11) is 1.38. The third kappa shape index (κ3) is 3.34. The van der Waals surface area contributed by atoms with E-state index in [0.29, 0.717) is 17.0 Å². The standard InChI is InChI=1S/C18H17N3O5/c1-10-6-11(2)18-14(20-26-16(18)7-10)9-17(22)19-13-5-4-12(21(23)24)8-15(13)25-3/h4-8H,9H2,1-3H3,(H,19,22). The van der Waals surface area contributed by atoms with Gasteiger partial charge in [-0.15, -0.1) is 0 Å². The van der Waals surface area contributed by atoms with E-state index in [4.69, 9.17) is 9.26 Å². The summed E-state index contributed by atoms with van der Waals surface area (Å²) in [5.74, 6) is -0.114. The molecule has 0 aliphatic heterocycles. The first-order valence-corrected chi connectivity index (χ1v) is 7.87. The first-order chi connectivity index (χ1) is 12.4. The van der Waals surface area contributed by atoms with Crippen LogP contribution in [0.25, 0.3) is 11.0 Å². The number of rotatable bonds is 5. The maximum Gasteiger partial charge on any atom is 0.273 e. The number of methoxy groups -OCH3 is 1. The molecule has 0 atom stereocenters. The molecule has 1 aromatic heterocycles. The molecule has 1 N–H and O–H groups in total. The first kappa shape index (κ1) is 17.4. The Morgan fingerprint density at radius 3 is 2.77 bits per heavy atom. The average molecular weight is 355 g/mol. The minimum absolute atomic E-state index is 0.0110. The van der Waals surface area contributed by atoms with Crippen molar-refractivity contribution in [3.63, 3.8) is 0 Å². The predicted molar refractivity (Wildman–Crippen MR) is 95.5 cm³/mol. The molecule has 26 heavy (non-hydrogen) atoms. The number of aromatic nitrogens is 1. The first-order valence-electron chi connectivity index (χ1n) is 7.87. The van der Waals surface area contributed by atoms with Crippen LogP contribution in [0.3, 0.4) is 0 Å². The zero-order valence-electron chi connectivity index (χ0n) is 14.5. The number of aryl methyl sites for hydroxylation is 2. The van der Waals surface area contributed by atoms with E-state index in [2.05, 4.69) is 10.5 Å². The van der Waals surface area contributed by atoms with Crippen LogP contribution in [0, 0.1) is 24.0 Å². The van der Waals surface area contributed by atoms with Crippen molar-refractivity contribution in [3.05, 3.63) is 57.3 Å². The Labute approximate surface area is 148 Å². The van der Waals surface area contributed by atoms with Gasteiger partial charge in [0.25, 0.3) is 5.69 Å². The summed E-state index contributed by atoms with van der Waals surface area (Å²) in [5, 5.41) is 18.4. The summed E-state index contributed by atoms with van der Waals surface area (Å²) in [5.41, 5.74) is 3.45. The Morgan fingerprint density at radius 2 is 2.08 bits per heavy atom. The van der Waals surface area contributed by atoms with Crippen molar-refractivity contribution >= 4 is 28.3 Å². The quantitative estimate of drug-likeness (QED) is 0.554. The van der Waals surface area contributed by atoms with Crippen molar-refractivity contribution in [3.8, 4) is 5.75 Å². The molecule has 1 heterocycles. The molecule has 134 valence electrons. The number of non-ortho nitro benzene ring substituents is 1. The summed E-state index contributed by atoms with van der Waals surface area (Å²) < 4.78 is 10.4. The van der Waals surface area contributed by atoms with Gasteiger partial charge in [-0.1, -0.05) is 11.2 Å². The molecule has 2 aromatic carbocycles. The Kier molecular flexibility index (Phi) is 4.57. The van der Waals surface area contributed by atoms with Gasteiger partial charge in [0.1, 0.15) is 11.4 Å². The van der Waals surface area contributed by atoms with E-state index in [1.54, 1.807) is 0 Å². The van der Waals surface area contributed by atoms with E-state index in [-0.39, 0.29) is 23.8 Å². The zero-order chi connectivity index (χ0) is 18.8. The van der Waals surface area contributed by atoms with Crippen molar-refractivity contribution in [1.82, 2.24) is 5.16 Å². The van der Waals surface area contributed by atoms with E-state index in [0.717, 1.165) is 16.5 Å². The van der Waals surface area contributed by atoms with Gasteiger partial charge in [0, 0.05) is 11.5 Å². The highest BCUT2D eigenvalue weighted by molar-refractivity contribution is 5.96. The van der Waals surface area contributed by atoms with E-state index in [1.165, 1.54) is 25.3 Å². The number of nitro benzene ring substituents is 1. The van der Waals surface area contributed by atoms with Crippen LogP contribution in [0.15, 0.2) is 34.9 Å². The van der Waals surface area contributed by atoms with Crippen LogP contribution in [0.4, 0.5) is 11.4 Å². The zero-order valence-corrected chi connectivity index (χ0v) is 14.5. The number of hydrogen-bond acceptors (Lipinski definition) is 6. The highest BCUT2D eigenvalue weighted by atomic mass is 16.6. The Balaban J connectivity index is 1.83. The van der Waals surface area contributed by atoms with Crippen LogP contribution < -0.4 is 10.1 Å². The van der Waals surface area contributed by atoms with Crippen LogP contribution in [0.5, 0.6) is 5.75 Å². The third-order valence-corrected chi connectivity index (χ3v) is 3.98. The summed E-state index contributed by atoms with van der Waals surface area (Å²) in [4.78, 5) is 22.7. The highest BCUT2D eigenvalue weighted by Gasteiger charge is 2.17. The lowest BCUT2D eigenvalue weighted by Crippen LogP contribution is -2.15. The number of fused-ring (bicyclic) bond motifs is 1. The second-order valence-electron chi connectivity index (χ2n) is 5.95. The largest absolute Gasteiger partial charge is 0.494 e. The van der Waals surface area contributed by atoms with Crippen molar-refractivity contribution in [2.24, 2.45) is 0 Å². The SMILES string of the molecule is COc1cc([N+](=O)[O-])ccc1NC(=O)Cc1noc2cc(C)cc(C)c12. The second-order valence-corrected chi connectivity index (χ2v) is 5.95. The molecule has 8 nitrogen and oxygen atoms in total. The van der Waals surface area contributed by atoms with Crippen molar-refractivity contribution in [2.45, 2.75) is 20.3 Å². The molecule has 0 bridgehead atoms. The van der Waals surface area contributed by atoms with Gasteiger partial charge in [-0.3, -0.25) is 14.9 Å². The molecule has 0 spiro atoms. The van der Waals surface area contributed by atoms with Crippen LogP contribution >= 0.6 is 0 Å². The second kappa shape index (κ2) is 6.83. The van der Waals surface area contributed by atoms with E-state index >= 15 is 0 Å². The van der Waals surface area contributed by atoms with Crippen LogP contribution in [-0.2, 0) is 11.2 Å². The maximum absolute atomic E-state index is 12.4. The van der Waals surface area contributed by atoms with Gasteiger partial charge in [0.05, 0.1) is 30.2 Å². The fraction of sp³-hybridized carbons (Fsp3) is 0.222. The van der Waals surface area contributed by atoms with E-state index in [9.17, 15) is 14.9 Å². The summed E-state index contributed by atoms with van der Waals surface area (Å²) in [6.07, 6.45) is 0.0110. The molecule has 0 aliphatic carbocycles. The molecular weight excluding hydrogens is 338 g/mol. The molecule has 0 saturated heterocycles. The van der Waals surface area contributed by atoms with Gasteiger partial charge in [0.15, 0.2) is 5.58 Å². The lowest BCUT2D eigenvalue weighted by Gasteiger charge is -2.09. The normalized spacial score (nSPS) is 10.7. The van der Waals surface area contributed by atoms with Crippen LogP contribution in [-0.4, -0.2) is 23.1 Å². The molecule has 0 radical (unpaired) electrons. The number of amides is 1. The fourth-order valence-electron chi connectivity index (χ4n) is 2.88. The molecule has 0 saturated carbocycles. The van der Waals surface area contributed by atoms with Gasteiger partial charge in [-0.2, -0.15) is 0 Å². The van der Waals surface area contributed by atoms with E-state index < -0.39 is 4.92 Å². The third-order valence-electron chi connectivity index (χ3n) is 3.98. The lowest BCUT2D eigenvalue weighted by atomic mass is 10.0. The smallest absolute Gasteiger partial charge is 0.273 e. The van der Waals surface area contributed by atoms with E-state index in [1.807, 2.05) is 26.0 Å². The molecule has 3 aromatic rings. The van der Waals surface area contributed by atoms with Crippen molar-refractivity contribution < 1.29 is 19.0 Å². The van der Waals surface area contributed by atoms with Gasteiger partial charge < -0.3 is 14.6 Å². The molecule has 8 heteroatoms. The summed E-state index contributed by atoms with van der Waals surface area (Å²) in [6, 6.07) is 7.87. The highest BCUT2D eigenvalue weighted by Crippen LogP contribution is 2.29. The van der Waals surface area contributed by atoms with Gasteiger partial charge in [-0.25, -0.2) is 0 Å². The number of carbonyl (C=O) groups excluding carboxylic acids is 1. The number of nitrogens with zero attached hydrogens (tertiary/aromatic N) is 2. The molecule has 3 rings (SSSR count). The molecule has 0 unspecified atom stereocenters. The van der Waals surface area contributed by atoms with Crippen LogP contribution in [0.1, 0.15) is 16.8 Å². The number of ether oxygens (including phenoxy) is 1. The maximum atomic E-state index is 12.4. The number of nitrogens with one attached hydrogen (secondary N) is 1. The lowest BCUT2D eigenvalue weighted by molar-refractivity contribution is -0.384. The topological polar surface area (TPSA) is 108 Å². The molecule has 0 aliphatic rings. The number of carbonyl (C=O) groups is 1. The minimum Gasteiger partial charge on any atom is -0.494 e. The minimum atomic E-state index is -0.527. The monoisotopic (exact) mass is 355 g/mol. The average Bonchev–Trinajstić information content (AvgIpc) is 2.97. The number of nitro groups is 1. The van der Waals surface area contributed by atoms with Crippen molar-refractivity contribution in [1.29, 1.82) is 0 Å². The van der Waals surface area contributed by atoms with Gasteiger partial charge in [-0.05, 0) is 37.1 Å². The molecule has 1 amide bonds. The Hall–Kier alpha value is -3.42. The number of hydrogen-bond donors (Lipinski definition) is 1. The number of benzene rings is 2. The van der Waals surface area contributed by atoms with Gasteiger partial charge >= 0.3 is 0 Å². The summed E-state index contributed by atoms with van der Waals surface area (Å²) >= 11 is 0. The predicted octanol–water partition coefficient (Wildman–Crippen LogP) is 3.54. The van der Waals surface area contributed by atoms with Crippen LogP contribution in [0.2, 0.25) is 0 Å². The fourth-order valence-corrected chi connectivity index (χ4v) is 2.88. The van der Waals surface area contributed by atoms with Crippen molar-refractivity contribution in [2.75, 3.05) is 12.4 Å². The van der Waals surface area contributed by atoms with Gasteiger partial charge in [0.2, 0.25) is 5.91 Å². The Bertz CT molecular complexity index is 1010. The molecule has 0 fully saturated rings. The number of anilines is 1.